The molecular weight excluding hydrogens is 354 g/mol. The van der Waals surface area contributed by atoms with E-state index in [-0.39, 0.29) is 11.3 Å². The highest BCUT2D eigenvalue weighted by Crippen LogP contribution is 2.44. The quantitative estimate of drug-likeness (QED) is 0.638. The molecule has 0 radical (unpaired) electrons. The minimum Gasteiger partial charge on any atom is -0.291 e. The molecule has 0 N–H and O–H groups in total. The molecule has 4 rings (SSSR count). The maximum atomic E-state index is 14.3. The van der Waals surface area contributed by atoms with Crippen LogP contribution in [0.25, 0.3) is 22.0 Å². The second-order valence-electron chi connectivity index (χ2n) is 5.52. The van der Waals surface area contributed by atoms with Crippen molar-refractivity contribution in [2.75, 3.05) is 5.75 Å². The van der Waals surface area contributed by atoms with Crippen LogP contribution in [0.4, 0.5) is 8.78 Å². The first-order chi connectivity index (χ1) is 11.6. The van der Waals surface area contributed by atoms with E-state index < -0.39 is 11.6 Å². The summed E-state index contributed by atoms with van der Waals surface area (Å²) in [5.41, 5.74) is 1.09. The first-order valence-corrected chi connectivity index (χ1v) is 8.73. The van der Waals surface area contributed by atoms with Crippen LogP contribution in [0.1, 0.15) is 6.42 Å². The van der Waals surface area contributed by atoms with Gasteiger partial charge in [-0.2, -0.15) is 0 Å². The summed E-state index contributed by atoms with van der Waals surface area (Å²) in [6.07, 6.45) is 2.28. The summed E-state index contributed by atoms with van der Waals surface area (Å²) >= 11 is 7.94. The Morgan fingerprint density at radius 2 is 2.08 bits per heavy atom. The summed E-state index contributed by atoms with van der Waals surface area (Å²) in [5.74, 6) is -0.556. The third kappa shape index (κ3) is 2.41. The molecule has 24 heavy (non-hydrogen) atoms. The van der Waals surface area contributed by atoms with E-state index in [9.17, 15) is 13.6 Å². The Balaban J connectivity index is 2.14. The molecule has 122 valence electrons. The van der Waals surface area contributed by atoms with Gasteiger partial charge in [-0.1, -0.05) is 11.6 Å². The van der Waals surface area contributed by atoms with Gasteiger partial charge < -0.3 is 0 Å². The highest BCUT2D eigenvalue weighted by atomic mass is 35.5. The highest BCUT2D eigenvalue weighted by molar-refractivity contribution is 7.99. The fraction of sp³-hybridized carbons (Fsp3) is 0.176. The van der Waals surface area contributed by atoms with Crippen LogP contribution in [0.15, 0.2) is 40.2 Å². The molecule has 0 spiro atoms. The Morgan fingerprint density at radius 3 is 2.88 bits per heavy atom. The van der Waals surface area contributed by atoms with Crippen molar-refractivity contribution in [1.82, 2.24) is 9.55 Å². The van der Waals surface area contributed by atoms with E-state index in [1.54, 1.807) is 10.6 Å². The average Bonchev–Trinajstić information content (AvgIpc) is 2.76. The van der Waals surface area contributed by atoms with Crippen molar-refractivity contribution < 1.29 is 8.78 Å². The van der Waals surface area contributed by atoms with Crippen LogP contribution in [-0.4, -0.2) is 15.3 Å². The minimum absolute atomic E-state index is 0.225. The van der Waals surface area contributed by atoms with Gasteiger partial charge >= 0.3 is 5.69 Å². The van der Waals surface area contributed by atoms with Crippen molar-refractivity contribution in [3.63, 3.8) is 0 Å². The van der Waals surface area contributed by atoms with E-state index >= 15 is 0 Å². The summed E-state index contributed by atoms with van der Waals surface area (Å²) in [4.78, 5) is 16.8. The summed E-state index contributed by atoms with van der Waals surface area (Å²) in [6.45, 7) is 0.552. The number of benzene rings is 2. The van der Waals surface area contributed by atoms with Crippen LogP contribution >= 0.6 is 23.4 Å². The van der Waals surface area contributed by atoms with E-state index in [1.807, 2.05) is 0 Å². The number of hydrogen-bond donors (Lipinski definition) is 0. The number of aryl methyl sites for hydroxylation is 1. The van der Waals surface area contributed by atoms with Crippen molar-refractivity contribution in [1.29, 1.82) is 0 Å². The van der Waals surface area contributed by atoms with Crippen molar-refractivity contribution >= 4 is 34.3 Å². The molecule has 7 heteroatoms. The van der Waals surface area contributed by atoms with Gasteiger partial charge in [0, 0.05) is 40.2 Å². The van der Waals surface area contributed by atoms with Gasteiger partial charge in [0.25, 0.3) is 0 Å². The molecule has 2 aromatic carbocycles. The number of rotatable bonds is 1. The molecule has 2 heterocycles. The molecule has 0 saturated carbocycles. The molecule has 3 nitrogen and oxygen atoms in total. The fourth-order valence-corrected chi connectivity index (χ4v) is 4.57. The van der Waals surface area contributed by atoms with Crippen molar-refractivity contribution in [2.45, 2.75) is 17.9 Å². The maximum absolute atomic E-state index is 14.3. The number of thioether (sulfide) groups is 1. The molecule has 0 atom stereocenters. The molecule has 0 unspecified atom stereocenters. The van der Waals surface area contributed by atoms with E-state index in [4.69, 9.17) is 11.6 Å². The van der Waals surface area contributed by atoms with Crippen LogP contribution in [0, 0.1) is 11.6 Å². The summed E-state index contributed by atoms with van der Waals surface area (Å²) < 4.78 is 29.2. The molecule has 1 aromatic heterocycles. The average molecular weight is 365 g/mol. The number of halogens is 3. The Labute approximate surface area is 145 Å². The molecule has 3 aromatic rings. The van der Waals surface area contributed by atoms with E-state index in [0.717, 1.165) is 28.5 Å². The molecule has 0 amide bonds. The number of hydrogen-bond acceptors (Lipinski definition) is 3. The minimum atomic E-state index is -0.680. The van der Waals surface area contributed by atoms with Gasteiger partial charge in [0.2, 0.25) is 0 Å². The van der Waals surface area contributed by atoms with Crippen molar-refractivity contribution in [3.05, 3.63) is 57.6 Å². The molecule has 0 aliphatic carbocycles. The van der Waals surface area contributed by atoms with Crippen LogP contribution in [-0.2, 0) is 6.54 Å². The van der Waals surface area contributed by atoms with E-state index in [1.165, 1.54) is 30.1 Å². The van der Waals surface area contributed by atoms with E-state index in [0.29, 0.717) is 22.6 Å². The third-order valence-corrected chi connectivity index (χ3v) is 5.50. The molecule has 1 aliphatic rings. The topological polar surface area (TPSA) is 34.9 Å². The zero-order chi connectivity index (χ0) is 16.8. The van der Waals surface area contributed by atoms with Crippen LogP contribution in [0.3, 0.4) is 0 Å². The van der Waals surface area contributed by atoms with E-state index in [2.05, 4.69) is 4.98 Å². The van der Waals surface area contributed by atoms with Crippen LogP contribution in [0.2, 0.25) is 5.02 Å². The Kier molecular flexibility index (Phi) is 3.81. The molecular formula is C17H11ClF2N2OS. The monoisotopic (exact) mass is 364 g/mol. The Hall–Kier alpha value is -1.92. The highest BCUT2D eigenvalue weighted by Gasteiger charge is 2.22. The van der Waals surface area contributed by atoms with Gasteiger partial charge in [0.1, 0.15) is 11.6 Å². The zero-order valence-electron chi connectivity index (χ0n) is 12.4. The fourth-order valence-electron chi connectivity index (χ4n) is 2.99. The second-order valence-corrected chi connectivity index (χ2v) is 7.03. The lowest BCUT2D eigenvalue weighted by Gasteiger charge is -2.16. The third-order valence-electron chi connectivity index (χ3n) is 4.02. The van der Waals surface area contributed by atoms with Gasteiger partial charge in [-0.15, -0.1) is 11.8 Å². The predicted molar refractivity (Wildman–Crippen MR) is 91.7 cm³/mol. The van der Waals surface area contributed by atoms with Gasteiger partial charge in [0.15, 0.2) is 0 Å². The second kappa shape index (κ2) is 5.86. The SMILES string of the molecule is O=c1ncc2cc(Cl)c(-c3ccc(F)cc3F)c3c2n1CCCS3. The molecule has 0 saturated heterocycles. The van der Waals surface area contributed by atoms with Crippen LogP contribution in [0.5, 0.6) is 0 Å². The van der Waals surface area contributed by atoms with Gasteiger partial charge in [-0.25, -0.2) is 18.6 Å². The standard InChI is InChI=1S/C17H11ClF2N2OS/c18-12-6-9-8-21-17(23)22-4-1-5-24-16(15(9)22)14(12)11-3-2-10(19)7-13(11)20/h2-3,6-8H,1,4-5H2. The van der Waals surface area contributed by atoms with Crippen molar-refractivity contribution in [2.24, 2.45) is 0 Å². The lowest BCUT2D eigenvalue weighted by Crippen LogP contribution is -2.22. The molecule has 1 aliphatic heterocycles. The normalized spacial score (nSPS) is 14.0. The summed E-state index contributed by atoms with van der Waals surface area (Å²) in [6, 6.07) is 5.09. The first kappa shape index (κ1) is 15.6. The van der Waals surface area contributed by atoms with Gasteiger partial charge in [0.05, 0.1) is 10.5 Å². The van der Waals surface area contributed by atoms with Crippen LogP contribution < -0.4 is 5.69 Å². The van der Waals surface area contributed by atoms with Gasteiger partial charge in [-0.05, 0) is 30.4 Å². The first-order valence-electron chi connectivity index (χ1n) is 7.36. The summed E-state index contributed by atoms with van der Waals surface area (Å²) in [5, 5.41) is 1.08. The number of aromatic nitrogens is 2. The largest absolute Gasteiger partial charge is 0.348 e. The summed E-state index contributed by atoms with van der Waals surface area (Å²) in [7, 11) is 0. The molecule has 0 fully saturated rings. The smallest absolute Gasteiger partial charge is 0.291 e. The lowest BCUT2D eigenvalue weighted by atomic mass is 10.0. The Morgan fingerprint density at radius 1 is 1.25 bits per heavy atom. The Bertz CT molecular complexity index is 1040. The zero-order valence-corrected chi connectivity index (χ0v) is 13.9. The molecule has 0 bridgehead atoms. The number of nitrogens with zero attached hydrogens (tertiary/aromatic N) is 2. The predicted octanol–water partition coefficient (Wildman–Crippen LogP) is 4.49. The van der Waals surface area contributed by atoms with Crippen molar-refractivity contribution in [3.8, 4) is 11.1 Å². The lowest BCUT2D eigenvalue weighted by molar-refractivity contribution is 0.585. The van der Waals surface area contributed by atoms with Gasteiger partial charge in [-0.3, -0.25) is 4.57 Å². The maximum Gasteiger partial charge on any atom is 0.348 e.